The first kappa shape index (κ1) is 15.3. The number of nitrogens with one attached hydrogen (secondary N) is 1. The number of methoxy groups -OCH3 is 1. The van der Waals surface area contributed by atoms with Gasteiger partial charge in [-0.3, -0.25) is 19.4 Å². The maximum atomic E-state index is 11.3. The summed E-state index contributed by atoms with van der Waals surface area (Å²) in [5.41, 5.74) is 6.05. The van der Waals surface area contributed by atoms with Crippen LogP contribution in [-0.4, -0.2) is 21.9 Å². The zero-order valence-electron chi connectivity index (χ0n) is 11.8. The Morgan fingerprint density at radius 2 is 2.19 bits per heavy atom. The lowest BCUT2D eigenvalue weighted by Gasteiger charge is -2.10. The van der Waals surface area contributed by atoms with Crippen molar-refractivity contribution in [2.75, 3.05) is 7.11 Å². The summed E-state index contributed by atoms with van der Waals surface area (Å²) < 4.78 is 6.73. The molecule has 3 N–H and O–H groups in total. The fraction of sp³-hybridized carbons (Fsp3) is 0.308. The minimum atomic E-state index is -0.793. The number of H-pyrrole nitrogens is 1. The summed E-state index contributed by atoms with van der Waals surface area (Å²) in [6, 6.07) is 5.72. The fourth-order valence-corrected chi connectivity index (χ4v) is 2.70. The molecular formula is C13H16N4O3S. The first-order valence-electron chi connectivity index (χ1n) is 6.21. The van der Waals surface area contributed by atoms with E-state index >= 15 is 0 Å². The van der Waals surface area contributed by atoms with Gasteiger partial charge in [-0.1, -0.05) is 17.8 Å². The number of thioether (sulfide) groups is 1. The van der Waals surface area contributed by atoms with Crippen molar-refractivity contribution in [2.24, 2.45) is 12.8 Å². The number of rotatable bonds is 5. The molecule has 0 saturated heterocycles. The zero-order chi connectivity index (χ0) is 15.4. The van der Waals surface area contributed by atoms with E-state index in [-0.39, 0.29) is 0 Å². The van der Waals surface area contributed by atoms with E-state index < -0.39 is 11.1 Å². The highest BCUT2D eigenvalue weighted by molar-refractivity contribution is 7.98. The molecule has 0 radical (unpaired) electrons. The maximum absolute atomic E-state index is 11.3. The molecule has 7 nitrogen and oxygen atoms in total. The average molecular weight is 308 g/mol. The monoisotopic (exact) mass is 308 g/mol. The molecule has 0 saturated carbocycles. The summed E-state index contributed by atoms with van der Waals surface area (Å²) in [6.07, 6.45) is 0. The fourth-order valence-electron chi connectivity index (χ4n) is 1.80. The third kappa shape index (κ3) is 3.53. The van der Waals surface area contributed by atoms with Crippen LogP contribution in [0.4, 0.5) is 0 Å². The number of aromatic nitrogens is 3. The standard InChI is InChI=1S/C13H16N4O3S/c1-17-13(15-11(18)12(19)16-17)21-7-9-5-8(6-14)3-4-10(9)20-2/h3-5H,6-7,14H2,1-2H3,(H,16,19). The van der Waals surface area contributed by atoms with Crippen LogP contribution < -0.4 is 21.6 Å². The Kier molecular flexibility index (Phi) is 4.81. The first-order chi connectivity index (χ1) is 10.0. The van der Waals surface area contributed by atoms with Gasteiger partial charge in [0.05, 0.1) is 7.11 Å². The van der Waals surface area contributed by atoms with Crippen molar-refractivity contribution in [3.05, 3.63) is 50.0 Å². The van der Waals surface area contributed by atoms with E-state index in [4.69, 9.17) is 10.5 Å². The van der Waals surface area contributed by atoms with Crippen LogP contribution in [0.5, 0.6) is 5.75 Å². The van der Waals surface area contributed by atoms with Gasteiger partial charge in [0.1, 0.15) is 5.75 Å². The third-order valence-electron chi connectivity index (χ3n) is 2.88. The van der Waals surface area contributed by atoms with Crippen LogP contribution in [0.1, 0.15) is 11.1 Å². The van der Waals surface area contributed by atoms with Crippen molar-refractivity contribution in [3.8, 4) is 5.75 Å². The van der Waals surface area contributed by atoms with E-state index in [1.165, 1.54) is 16.4 Å². The zero-order valence-corrected chi connectivity index (χ0v) is 12.6. The van der Waals surface area contributed by atoms with E-state index in [0.717, 1.165) is 16.9 Å². The van der Waals surface area contributed by atoms with Gasteiger partial charge in [-0.05, 0) is 17.7 Å². The van der Waals surface area contributed by atoms with Crippen LogP contribution in [0.3, 0.4) is 0 Å². The third-order valence-corrected chi connectivity index (χ3v) is 3.96. The van der Waals surface area contributed by atoms with Crippen LogP contribution >= 0.6 is 11.8 Å². The summed E-state index contributed by atoms with van der Waals surface area (Å²) in [7, 11) is 3.23. The molecule has 1 aromatic heterocycles. The summed E-state index contributed by atoms with van der Waals surface area (Å²) in [5.74, 6) is 1.29. The number of nitrogens with zero attached hydrogens (tertiary/aromatic N) is 2. The van der Waals surface area contributed by atoms with Crippen molar-refractivity contribution >= 4 is 11.8 Å². The van der Waals surface area contributed by atoms with Crippen molar-refractivity contribution < 1.29 is 4.74 Å². The highest BCUT2D eigenvalue weighted by Crippen LogP contribution is 2.27. The normalized spacial score (nSPS) is 10.6. The predicted molar refractivity (Wildman–Crippen MR) is 80.5 cm³/mol. The van der Waals surface area contributed by atoms with Gasteiger partial charge in [0.15, 0.2) is 5.16 Å². The molecule has 0 bridgehead atoms. The lowest BCUT2D eigenvalue weighted by atomic mass is 10.1. The van der Waals surface area contributed by atoms with Gasteiger partial charge in [-0.2, -0.15) is 4.98 Å². The number of ether oxygens (including phenoxy) is 1. The molecule has 0 atom stereocenters. The van der Waals surface area contributed by atoms with Crippen molar-refractivity contribution in [2.45, 2.75) is 17.5 Å². The SMILES string of the molecule is COc1ccc(CN)cc1CSc1nc(=O)c(=O)[nH]n1C. The maximum Gasteiger partial charge on any atom is 0.339 e. The Labute approximate surface area is 125 Å². The van der Waals surface area contributed by atoms with Gasteiger partial charge >= 0.3 is 11.1 Å². The number of hydrogen-bond acceptors (Lipinski definition) is 6. The lowest BCUT2D eigenvalue weighted by Crippen LogP contribution is -2.33. The van der Waals surface area contributed by atoms with E-state index in [1.807, 2.05) is 18.2 Å². The second-order valence-corrected chi connectivity index (χ2v) is 5.28. The minimum absolute atomic E-state index is 0.430. The number of aromatic amines is 1. The average Bonchev–Trinajstić information content (AvgIpc) is 2.49. The number of benzene rings is 1. The molecular weight excluding hydrogens is 292 g/mol. The molecule has 0 spiro atoms. The number of hydrogen-bond donors (Lipinski definition) is 2. The molecule has 0 aliphatic heterocycles. The van der Waals surface area contributed by atoms with Gasteiger partial charge < -0.3 is 10.5 Å². The van der Waals surface area contributed by atoms with Crippen LogP contribution in [-0.2, 0) is 19.3 Å². The Morgan fingerprint density at radius 1 is 1.43 bits per heavy atom. The number of nitrogens with two attached hydrogens (primary N) is 1. The quantitative estimate of drug-likeness (QED) is 0.605. The van der Waals surface area contributed by atoms with Gasteiger partial charge in [0.2, 0.25) is 0 Å². The van der Waals surface area contributed by atoms with Crippen molar-refractivity contribution in [3.63, 3.8) is 0 Å². The van der Waals surface area contributed by atoms with E-state index in [0.29, 0.717) is 17.5 Å². The van der Waals surface area contributed by atoms with E-state index in [1.54, 1.807) is 14.2 Å². The molecule has 1 heterocycles. The van der Waals surface area contributed by atoms with Crippen LogP contribution in [0, 0.1) is 0 Å². The molecule has 112 valence electrons. The van der Waals surface area contributed by atoms with E-state index in [9.17, 15) is 9.59 Å². The largest absolute Gasteiger partial charge is 0.496 e. The Morgan fingerprint density at radius 3 is 2.86 bits per heavy atom. The highest BCUT2D eigenvalue weighted by atomic mass is 32.2. The molecule has 0 aliphatic rings. The summed E-state index contributed by atoms with van der Waals surface area (Å²) >= 11 is 1.33. The Balaban J connectivity index is 2.25. The number of aryl methyl sites for hydroxylation is 1. The summed E-state index contributed by atoms with van der Waals surface area (Å²) in [5, 5.41) is 2.84. The second kappa shape index (κ2) is 6.59. The predicted octanol–water partition coefficient (Wildman–Crippen LogP) is 0.228. The molecule has 2 rings (SSSR count). The highest BCUT2D eigenvalue weighted by Gasteiger charge is 2.09. The lowest BCUT2D eigenvalue weighted by molar-refractivity contribution is 0.411. The van der Waals surface area contributed by atoms with Crippen LogP contribution in [0.25, 0.3) is 0 Å². The topological polar surface area (TPSA) is 103 Å². The second-order valence-electron chi connectivity index (χ2n) is 4.34. The van der Waals surface area contributed by atoms with Crippen molar-refractivity contribution in [1.29, 1.82) is 0 Å². The van der Waals surface area contributed by atoms with Gasteiger partial charge in [-0.25, -0.2) is 0 Å². The molecule has 0 aliphatic carbocycles. The molecule has 0 amide bonds. The minimum Gasteiger partial charge on any atom is -0.496 e. The van der Waals surface area contributed by atoms with Gasteiger partial charge in [-0.15, -0.1) is 0 Å². The molecule has 1 aromatic carbocycles. The van der Waals surface area contributed by atoms with Gasteiger partial charge in [0, 0.05) is 24.9 Å². The van der Waals surface area contributed by atoms with E-state index in [2.05, 4.69) is 10.1 Å². The van der Waals surface area contributed by atoms with Gasteiger partial charge in [0.25, 0.3) is 0 Å². The van der Waals surface area contributed by atoms with Crippen LogP contribution in [0.15, 0.2) is 32.9 Å². The molecule has 2 aromatic rings. The Bertz CT molecular complexity index is 754. The summed E-state index contributed by atoms with van der Waals surface area (Å²) in [4.78, 5) is 26.2. The molecule has 0 fully saturated rings. The van der Waals surface area contributed by atoms with Crippen molar-refractivity contribution in [1.82, 2.24) is 14.8 Å². The molecule has 0 unspecified atom stereocenters. The smallest absolute Gasteiger partial charge is 0.339 e. The molecule has 21 heavy (non-hydrogen) atoms. The van der Waals surface area contributed by atoms with Crippen LogP contribution in [0.2, 0.25) is 0 Å². The Hall–Kier alpha value is -2.06. The summed E-state index contributed by atoms with van der Waals surface area (Å²) in [6.45, 7) is 0.442. The molecule has 8 heteroatoms. The first-order valence-corrected chi connectivity index (χ1v) is 7.19.